The fourth-order valence-electron chi connectivity index (χ4n) is 3.76. The van der Waals surface area contributed by atoms with Gasteiger partial charge in [0.05, 0.1) is 34.6 Å². The number of pyridine rings is 1. The molecule has 1 amide bonds. The van der Waals surface area contributed by atoms with Gasteiger partial charge >= 0.3 is 0 Å². The summed E-state index contributed by atoms with van der Waals surface area (Å²) in [5.41, 5.74) is 2.07. The van der Waals surface area contributed by atoms with Gasteiger partial charge < -0.3 is 4.74 Å². The topological polar surface area (TPSA) is 55.3 Å². The smallest absolute Gasteiger partial charge is 0.264 e. The molecule has 0 spiro atoms. The van der Waals surface area contributed by atoms with Crippen LogP contribution in [0.5, 0.6) is 5.75 Å². The minimum absolute atomic E-state index is 0.189. The zero-order valence-electron chi connectivity index (χ0n) is 17.9. The van der Waals surface area contributed by atoms with Gasteiger partial charge in [0.2, 0.25) is 0 Å². The molecule has 0 N–H and O–H groups in total. The van der Waals surface area contributed by atoms with E-state index in [-0.39, 0.29) is 12.5 Å². The molecule has 0 saturated heterocycles. The maximum Gasteiger partial charge on any atom is 0.264 e. The first-order chi connectivity index (χ1) is 16.1. The van der Waals surface area contributed by atoms with Gasteiger partial charge in [0.15, 0.2) is 5.13 Å². The SMILES string of the molecule is CCOc1ccc2ccccc2c1C(=O)N(Cc1ccccn1)c1nc2ccc(Cl)cc2s1. The lowest BCUT2D eigenvalue weighted by atomic mass is 10.0. The number of halogens is 1. The van der Waals surface area contributed by atoms with E-state index in [0.29, 0.717) is 28.1 Å². The average molecular weight is 474 g/mol. The summed E-state index contributed by atoms with van der Waals surface area (Å²) in [4.78, 5) is 25.0. The quantitative estimate of drug-likeness (QED) is 0.274. The molecule has 0 aliphatic carbocycles. The highest BCUT2D eigenvalue weighted by molar-refractivity contribution is 7.22. The van der Waals surface area contributed by atoms with Crippen molar-refractivity contribution in [1.29, 1.82) is 0 Å². The van der Waals surface area contributed by atoms with Crippen molar-refractivity contribution >= 4 is 55.0 Å². The summed E-state index contributed by atoms with van der Waals surface area (Å²) in [6, 6.07) is 22.9. The van der Waals surface area contributed by atoms with E-state index < -0.39 is 0 Å². The van der Waals surface area contributed by atoms with Gasteiger partial charge in [-0.2, -0.15) is 0 Å². The number of anilines is 1. The number of fused-ring (bicyclic) bond motifs is 2. The van der Waals surface area contributed by atoms with Gasteiger partial charge in [-0.3, -0.25) is 14.7 Å². The molecule has 5 aromatic rings. The molecule has 5 nitrogen and oxygen atoms in total. The summed E-state index contributed by atoms with van der Waals surface area (Å²) < 4.78 is 6.80. The second kappa shape index (κ2) is 9.17. The summed E-state index contributed by atoms with van der Waals surface area (Å²) in [5, 5.41) is 3.02. The third kappa shape index (κ3) is 4.27. The molecule has 5 rings (SSSR count). The van der Waals surface area contributed by atoms with Gasteiger partial charge in [0, 0.05) is 11.2 Å². The zero-order valence-corrected chi connectivity index (χ0v) is 19.4. The molecule has 0 radical (unpaired) electrons. The molecule has 0 bridgehead atoms. The number of ether oxygens (including phenoxy) is 1. The van der Waals surface area contributed by atoms with Crippen molar-refractivity contribution in [2.45, 2.75) is 13.5 Å². The second-order valence-electron chi connectivity index (χ2n) is 7.41. The summed E-state index contributed by atoms with van der Waals surface area (Å²) in [6.45, 7) is 2.65. The van der Waals surface area contributed by atoms with Crippen LogP contribution in [0.3, 0.4) is 0 Å². The highest BCUT2D eigenvalue weighted by atomic mass is 35.5. The monoisotopic (exact) mass is 473 g/mol. The van der Waals surface area contributed by atoms with Crippen molar-refractivity contribution < 1.29 is 9.53 Å². The summed E-state index contributed by atoms with van der Waals surface area (Å²) >= 11 is 7.62. The Bertz CT molecular complexity index is 1450. The number of hydrogen-bond acceptors (Lipinski definition) is 5. The van der Waals surface area contributed by atoms with E-state index in [1.54, 1.807) is 17.2 Å². The van der Waals surface area contributed by atoms with Crippen LogP contribution in [0.1, 0.15) is 23.0 Å². The van der Waals surface area contributed by atoms with Gasteiger partial charge in [-0.1, -0.05) is 59.3 Å². The summed E-state index contributed by atoms with van der Waals surface area (Å²) in [7, 11) is 0. The van der Waals surface area contributed by atoms with Crippen molar-refractivity contribution in [3.63, 3.8) is 0 Å². The number of nitrogens with zero attached hydrogens (tertiary/aromatic N) is 3. The van der Waals surface area contributed by atoms with Crippen LogP contribution in [-0.4, -0.2) is 22.5 Å². The van der Waals surface area contributed by atoms with Gasteiger partial charge in [-0.15, -0.1) is 0 Å². The number of carbonyl (C=O) groups excluding carboxylic acids is 1. The lowest BCUT2D eigenvalue weighted by Crippen LogP contribution is -2.31. The lowest BCUT2D eigenvalue weighted by Gasteiger charge is -2.22. The standard InChI is InChI=1S/C26H20ClN3O2S/c1-2-32-22-13-10-17-7-3-4-9-20(17)24(22)25(31)30(16-19-8-5-6-14-28-19)26-29-21-12-11-18(27)15-23(21)33-26/h3-15H,2,16H2,1H3. The van der Waals surface area contributed by atoms with Crippen LogP contribution in [-0.2, 0) is 6.54 Å². The molecule has 0 saturated carbocycles. The van der Waals surface area contributed by atoms with Crippen molar-refractivity contribution in [3.8, 4) is 5.75 Å². The Labute approximate surface area is 200 Å². The largest absolute Gasteiger partial charge is 0.493 e. The molecule has 0 aliphatic rings. The Kier molecular flexibility index (Phi) is 5.94. The first kappa shape index (κ1) is 21.4. The van der Waals surface area contributed by atoms with Crippen molar-refractivity contribution in [1.82, 2.24) is 9.97 Å². The highest BCUT2D eigenvalue weighted by Crippen LogP contribution is 2.35. The molecular formula is C26H20ClN3O2S. The van der Waals surface area contributed by atoms with Crippen LogP contribution in [0.2, 0.25) is 5.02 Å². The summed E-state index contributed by atoms with van der Waals surface area (Å²) in [6.07, 6.45) is 1.72. The number of carbonyl (C=O) groups is 1. The molecule has 2 heterocycles. The Balaban J connectivity index is 1.68. The van der Waals surface area contributed by atoms with Crippen LogP contribution in [0.25, 0.3) is 21.0 Å². The van der Waals surface area contributed by atoms with Crippen molar-refractivity contribution in [2.24, 2.45) is 0 Å². The predicted molar refractivity (Wildman–Crippen MR) is 134 cm³/mol. The average Bonchev–Trinajstić information content (AvgIpc) is 3.25. The number of benzene rings is 3. The molecule has 0 atom stereocenters. The summed E-state index contributed by atoms with van der Waals surface area (Å²) in [5.74, 6) is 0.363. The van der Waals surface area contributed by atoms with Gasteiger partial charge in [-0.25, -0.2) is 4.98 Å². The predicted octanol–water partition coefficient (Wildman–Crippen LogP) is 6.74. The van der Waals surface area contributed by atoms with E-state index in [1.165, 1.54) is 11.3 Å². The minimum atomic E-state index is -0.189. The molecule has 3 aromatic carbocycles. The molecular weight excluding hydrogens is 454 g/mol. The molecule has 0 fully saturated rings. The number of rotatable bonds is 6. The van der Waals surface area contributed by atoms with E-state index in [2.05, 4.69) is 4.98 Å². The van der Waals surface area contributed by atoms with Crippen LogP contribution in [0, 0.1) is 0 Å². The third-order valence-corrected chi connectivity index (χ3v) is 6.54. The maximum atomic E-state index is 14.2. The molecule has 7 heteroatoms. The Hall–Kier alpha value is -3.48. The Morgan fingerprint density at radius 2 is 1.91 bits per heavy atom. The highest BCUT2D eigenvalue weighted by Gasteiger charge is 2.27. The Morgan fingerprint density at radius 3 is 2.73 bits per heavy atom. The van der Waals surface area contributed by atoms with E-state index in [0.717, 1.165) is 26.7 Å². The van der Waals surface area contributed by atoms with Gasteiger partial charge in [0.25, 0.3) is 5.91 Å². The normalized spacial score (nSPS) is 11.1. The molecule has 164 valence electrons. The fraction of sp³-hybridized carbons (Fsp3) is 0.115. The van der Waals surface area contributed by atoms with Gasteiger partial charge in [-0.05, 0) is 54.1 Å². The molecule has 2 aromatic heterocycles. The van der Waals surface area contributed by atoms with Crippen LogP contribution < -0.4 is 9.64 Å². The van der Waals surface area contributed by atoms with E-state index in [1.807, 2.05) is 73.7 Å². The Morgan fingerprint density at radius 1 is 1.06 bits per heavy atom. The first-order valence-corrected chi connectivity index (χ1v) is 11.8. The van der Waals surface area contributed by atoms with E-state index in [4.69, 9.17) is 21.3 Å². The molecule has 0 aliphatic heterocycles. The first-order valence-electron chi connectivity index (χ1n) is 10.6. The zero-order chi connectivity index (χ0) is 22.8. The van der Waals surface area contributed by atoms with Crippen molar-refractivity contribution in [3.05, 3.63) is 95.3 Å². The number of thiazole rings is 1. The van der Waals surface area contributed by atoms with Crippen molar-refractivity contribution in [2.75, 3.05) is 11.5 Å². The molecule has 33 heavy (non-hydrogen) atoms. The minimum Gasteiger partial charge on any atom is -0.493 e. The lowest BCUT2D eigenvalue weighted by molar-refractivity contribution is 0.0983. The molecule has 0 unspecified atom stereocenters. The maximum absolute atomic E-state index is 14.2. The third-order valence-electron chi connectivity index (χ3n) is 5.27. The van der Waals surface area contributed by atoms with Crippen LogP contribution >= 0.6 is 22.9 Å². The van der Waals surface area contributed by atoms with E-state index >= 15 is 0 Å². The fourth-order valence-corrected chi connectivity index (χ4v) is 5.00. The second-order valence-corrected chi connectivity index (χ2v) is 8.86. The number of amides is 1. The van der Waals surface area contributed by atoms with Gasteiger partial charge in [0.1, 0.15) is 5.75 Å². The number of hydrogen-bond donors (Lipinski definition) is 0. The van der Waals surface area contributed by atoms with Crippen LogP contribution in [0.15, 0.2) is 79.0 Å². The van der Waals surface area contributed by atoms with E-state index in [9.17, 15) is 4.79 Å². The number of aromatic nitrogens is 2. The van der Waals surface area contributed by atoms with Crippen LogP contribution in [0.4, 0.5) is 5.13 Å².